The van der Waals surface area contributed by atoms with Crippen LogP contribution in [0.1, 0.15) is 25.6 Å². The van der Waals surface area contributed by atoms with Gasteiger partial charge in [-0.05, 0) is 6.07 Å². The third-order valence-electron chi connectivity index (χ3n) is 2.30. The van der Waals surface area contributed by atoms with Gasteiger partial charge in [-0.1, -0.05) is 13.8 Å². The fraction of sp³-hybridized carbons (Fsp3) is 0.583. The Kier molecular flexibility index (Phi) is 5.35. The SMILES string of the molecule is CC(C)c1nccc(NCCNC(=O)N(C)C)n1. The van der Waals surface area contributed by atoms with E-state index in [0.717, 1.165) is 11.6 Å². The highest BCUT2D eigenvalue weighted by Crippen LogP contribution is 2.10. The molecule has 0 aromatic carbocycles. The minimum Gasteiger partial charge on any atom is -0.368 e. The molecule has 2 amide bonds. The van der Waals surface area contributed by atoms with Crippen LogP contribution in [0.2, 0.25) is 0 Å². The maximum atomic E-state index is 11.3. The first-order chi connectivity index (χ1) is 8.50. The lowest BCUT2D eigenvalue weighted by atomic mass is 10.2. The van der Waals surface area contributed by atoms with Crippen molar-refractivity contribution in [1.82, 2.24) is 20.2 Å². The van der Waals surface area contributed by atoms with Crippen LogP contribution in [-0.4, -0.2) is 48.1 Å². The van der Waals surface area contributed by atoms with Crippen molar-refractivity contribution in [2.24, 2.45) is 0 Å². The van der Waals surface area contributed by atoms with E-state index in [-0.39, 0.29) is 6.03 Å². The molecule has 1 aromatic rings. The van der Waals surface area contributed by atoms with Gasteiger partial charge >= 0.3 is 6.03 Å². The first-order valence-electron chi connectivity index (χ1n) is 6.02. The largest absolute Gasteiger partial charge is 0.368 e. The van der Waals surface area contributed by atoms with Crippen molar-refractivity contribution < 1.29 is 4.79 Å². The van der Waals surface area contributed by atoms with Crippen molar-refractivity contribution in [3.05, 3.63) is 18.1 Å². The molecule has 0 saturated carbocycles. The molecular weight excluding hydrogens is 230 g/mol. The molecule has 0 unspecified atom stereocenters. The highest BCUT2D eigenvalue weighted by Gasteiger charge is 2.04. The minimum atomic E-state index is -0.0950. The van der Waals surface area contributed by atoms with Gasteiger partial charge in [0.15, 0.2) is 0 Å². The number of nitrogens with zero attached hydrogens (tertiary/aromatic N) is 3. The van der Waals surface area contributed by atoms with Gasteiger partial charge in [0.25, 0.3) is 0 Å². The molecule has 0 saturated heterocycles. The average molecular weight is 251 g/mol. The van der Waals surface area contributed by atoms with E-state index in [1.54, 1.807) is 20.3 Å². The number of rotatable bonds is 5. The summed E-state index contributed by atoms with van der Waals surface area (Å²) in [7, 11) is 3.42. The fourth-order valence-corrected chi connectivity index (χ4v) is 1.27. The fourth-order valence-electron chi connectivity index (χ4n) is 1.27. The standard InChI is InChI=1S/C12H21N5O/c1-9(2)11-14-6-5-10(16-11)13-7-8-15-12(18)17(3)4/h5-6,9H,7-8H2,1-4H3,(H,15,18)(H,13,14,16). The summed E-state index contributed by atoms with van der Waals surface area (Å²) in [5.41, 5.74) is 0. The van der Waals surface area contributed by atoms with Gasteiger partial charge in [0.2, 0.25) is 0 Å². The van der Waals surface area contributed by atoms with Crippen LogP contribution in [0.4, 0.5) is 10.6 Å². The van der Waals surface area contributed by atoms with Gasteiger partial charge in [-0.2, -0.15) is 0 Å². The maximum Gasteiger partial charge on any atom is 0.316 e. The molecule has 0 radical (unpaired) electrons. The molecule has 18 heavy (non-hydrogen) atoms. The first kappa shape index (κ1) is 14.2. The molecule has 0 aliphatic heterocycles. The van der Waals surface area contributed by atoms with Crippen molar-refractivity contribution in [3.63, 3.8) is 0 Å². The lowest BCUT2D eigenvalue weighted by Gasteiger charge is -2.12. The monoisotopic (exact) mass is 251 g/mol. The molecule has 2 N–H and O–H groups in total. The maximum absolute atomic E-state index is 11.3. The number of nitrogens with one attached hydrogen (secondary N) is 2. The molecule has 0 aliphatic rings. The van der Waals surface area contributed by atoms with E-state index >= 15 is 0 Å². The number of amides is 2. The molecule has 100 valence electrons. The van der Waals surface area contributed by atoms with Gasteiger partial charge in [0, 0.05) is 39.3 Å². The van der Waals surface area contributed by atoms with Crippen molar-refractivity contribution >= 4 is 11.8 Å². The van der Waals surface area contributed by atoms with Gasteiger partial charge in [-0.3, -0.25) is 0 Å². The second kappa shape index (κ2) is 6.78. The Morgan fingerprint density at radius 3 is 2.72 bits per heavy atom. The Morgan fingerprint density at radius 2 is 2.11 bits per heavy atom. The molecule has 1 rings (SSSR count). The summed E-state index contributed by atoms with van der Waals surface area (Å²) in [5, 5.41) is 5.92. The average Bonchev–Trinajstić information content (AvgIpc) is 2.34. The Labute approximate surface area is 108 Å². The molecule has 0 atom stereocenters. The topological polar surface area (TPSA) is 70.2 Å². The smallest absolute Gasteiger partial charge is 0.316 e. The van der Waals surface area contributed by atoms with Gasteiger partial charge in [-0.25, -0.2) is 14.8 Å². The normalized spacial score (nSPS) is 10.3. The second-order valence-electron chi connectivity index (χ2n) is 4.51. The molecule has 6 nitrogen and oxygen atoms in total. The first-order valence-corrected chi connectivity index (χ1v) is 6.02. The third-order valence-corrected chi connectivity index (χ3v) is 2.30. The predicted octanol–water partition coefficient (Wildman–Crippen LogP) is 1.28. The summed E-state index contributed by atoms with van der Waals surface area (Å²) < 4.78 is 0. The summed E-state index contributed by atoms with van der Waals surface area (Å²) in [6, 6.07) is 1.72. The van der Waals surface area contributed by atoms with E-state index in [0.29, 0.717) is 19.0 Å². The number of carbonyl (C=O) groups excluding carboxylic acids is 1. The van der Waals surface area contributed by atoms with E-state index in [4.69, 9.17) is 0 Å². The highest BCUT2D eigenvalue weighted by molar-refractivity contribution is 5.73. The summed E-state index contributed by atoms with van der Waals surface area (Å²) >= 11 is 0. The number of anilines is 1. The van der Waals surface area contributed by atoms with Crippen molar-refractivity contribution in [3.8, 4) is 0 Å². The highest BCUT2D eigenvalue weighted by atomic mass is 16.2. The molecule has 0 fully saturated rings. The number of urea groups is 1. The molecule has 0 spiro atoms. The van der Waals surface area contributed by atoms with E-state index < -0.39 is 0 Å². The van der Waals surface area contributed by atoms with Gasteiger partial charge < -0.3 is 15.5 Å². The Morgan fingerprint density at radius 1 is 1.39 bits per heavy atom. The Balaban J connectivity index is 2.35. The molecule has 0 bridgehead atoms. The van der Waals surface area contributed by atoms with Crippen LogP contribution < -0.4 is 10.6 Å². The number of hydrogen-bond acceptors (Lipinski definition) is 4. The van der Waals surface area contributed by atoms with Crippen LogP contribution in [0.5, 0.6) is 0 Å². The van der Waals surface area contributed by atoms with E-state index in [9.17, 15) is 4.79 Å². The predicted molar refractivity (Wildman–Crippen MR) is 71.7 cm³/mol. The zero-order chi connectivity index (χ0) is 13.5. The minimum absolute atomic E-state index is 0.0950. The lowest BCUT2D eigenvalue weighted by molar-refractivity contribution is 0.218. The number of aromatic nitrogens is 2. The van der Waals surface area contributed by atoms with Crippen molar-refractivity contribution in [2.75, 3.05) is 32.5 Å². The van der Waals surface area contributed by atoms with Crippen LogP contribution in [0, 0.1) is 0 Å². The molecular formula is C12H21N5O. The van der Waals surface area contributed by atoms with Gasteiger partial charge in [0.1, 0.15) is 11.6 Å². The van der Waals surface area contributed by atoms with Crippen LogP contribution in [0.3, 0.4) is 0 Å². The van der Waals surface area contributed by atoms with Crippen LogP contribution >= 0.6 is 0 Å². The zero-order valence-corrected chi connectivity index (χ0v) is 11.4. The zero-order valence-electron chi connectivity index (χ0n) is 11.4. The van der Waals surface area contributed by atoms with Gasteiger partial charge in [-0.15, -0.1) is 0 Å². The van der Waals surface area contributed by atoms with Crippen molar-refractivity contribution in [1.29, 1.82) is 0 Å². The van der Waals surface area contributed by atoms with Crippen LogP contribution in [0.25, 0.3) is 0 Å². The molecule has 1 aromatic heterocycles. The van der Waals surface area contributed by atoms with E-state index in [1.807, 2.05) is 6.07 Å². The Hall–Kier alpha value is -1.85. The molecule has 6 heteroatoms. The Bertz CT molecular complexity index is 392. The summed E-state index contributed by atoms with van der Waals surface area (Å²) in [6.45, 7) is 5.29. The third kappa shape index (κ3) is 4.57. The number of carbonyl (C=O) groups is 1. The second-order valence-corrected chi connectivity index (χ2v) is 4.51. The van der Waals surface area contributed by atoms with Gasteiger partial charge in [0.05, 0.1) is 0 Å². The molecule has 0 aliphatic carbocycles. The van der Waals surface area contributed by atoms with E-state index in [1.165, 1.54) is 4.90 Å². The van der Waals surface area contributed by atoms with E-state index in [2.05, 4.69) is 34.4 Å². The summed E-state index contributed by atoms with van der Waals surface area (Å²) in [6.07, 6.45) is 1.74. The number of hydrogen-bond donors (Lipinski definition) is 2. The van der Waals surface area contributed by atoms with Crippen LogP contribution in [-0.2, 0) is 0 Å². The quantitative estimate of drug-likeness (QED) is 0.773. The lowest BCUT2D eigenvalue weighted by Crippen LogP contribution is -2.37. The van der Waals surface area contributed by atoms with Crippen LogP contribution in [0.15, 0.2) is 12.3 Å². The summed E-state index contributed by atoms with van der Waals surface area (Å²) in [5.74, 6) is 1.91. The summed E-state index contributed by atoms with van der Waals surface area (Å²) in [4.78, 5) is 21.3. The molecule has 1 heterocycles. The van der Waals surface area contributed by atoms with Crippen molar-refractivity contribution in [2.45, 2.75) is 19.8 Å².